The van der Waals surface area contributed by atoms with Crippen LogP contribution in [0.15, 0.2) is 42.1 Å². The molecule has 0 spiro atoms. The fourth-order valence-corrected chi connectivity index (χ4v) is 3.30. The number of allylic oxidation sites excluding steroid dienone is 4. The summed E-state index contributed by atoms with van der Waals surface area (Å²) >= 11 is 0. The van der Waals surface area contributed by atoms with Gasteiger partial charge in [-0.15, -0.1) is 0 Å². The van der Waals surface area contributed by atoms with E-state index in [4.69, 9.17) is 0 Å². The van der Waals surface area contributed by atoms with Crippen LogP contribution in [-0.4, -0.2) is 7.05 Å². The highest BCUT2D eigenvalue weighted by atomic mass is 15.2. The number of hydrogen-bond acceptors (Lipinski definition) is 1. The summed E-state index contributed by atoms with van der Waals surface area (Å²) in [5, 5.41) is 0. The Morgan fingerprint density at radius 3 is 2.68 bits per heavy atom. The van der Waals surface area contributed by atoms with Crippen molar-refractivity contribution in [1.29, 1.82) is 0 Å². The smallest absolute Gasteiger partial charge is 0.0450 e. The normalized spacial score (nSPS) is 19.9. The van der Waals surface area contributed by atoms with Gasteiger partial charge in [0.1, 0.15) is 0 Å². The summed E-state index contributed by atoms with van der Waals surface area (Å²) in [6, 6.07) is 6.80. The minimum absolute atomic E-state index is 0.0822. The van der Waals surface area contributed by atoms with Crippen LogP contribution in [0.2, 0.25) is 0 Å². The Bertz CT molecular complexity index is 578. The summed E-state index contributed by atoms with van der Waals surface area (Å²) in [7, 11) is 2.19. The molecular weight excluding hydrogens is 266 g/mol. The molecule has 0 N–H and O–H groups in total. The molecule has 0 saturated heterocycles. The minimum atomic E-state index is 0.0822. The molecule has 120 valence electrons. The molecule has 2 rings (SSSR count). The van der Waals surface area contributed by atoms with Crippen LogP contribution in [0.25, 0.3) is 0 Å². The van der Waals surface area contributed by atoms with Crippen LogP contribution in [0.5, 0.6) is 0 Å². The predicted molar refractivity (Wildman–Crippen MR) is 98.5 cm³/mol. The second-order valence-corrected chi connectivity index (χ2v) is 7.28. The van der Waals surface area contributed by atoms with Crippen molar-refractivity contribution in [1.82, 2.24) is 0 Å². The van der Waals surface area contributed by atoms with Crippen molar-refractivity contribution >= 4 is 5.69 Å². The number of rotatable bonds is 5. The molecular formula is C21H31N. The zero-order valence-electron chi connectivity index (χ0n) is 15.1. The van der Waals surface area contributed by atoms with Crippen LogP contribution < -0.4 is 4.90 Å². The van der Waals surface area contributed by atoms with E-state index in [2.05, 4.69) is 83.0 Å². The van der Waals surface area contributed by atoms with Gasteiger partial charge in [-0.3, -0.25) is 0 Å². The van der Waals surface area contributed by atoms with Crippen molar-refractivity contribution in [2.24, 2.45) is 5.92 Å². The molecule has 1 heterocycles. The first-order valence-corrected chi connectivity index (χ1v) is 8.60. The molecule has 0 bridgehead atoms. The topological polar surface area (TPSA) is 3.24 Å². The second-order valence-electron chi connectivity index (χ2n) is 7.28. The molecule has 1 unspecified atom stereocenters. The van der Waals surface area contributed by atoms with Gasteiger partial charge in [0, 0.05) is 23.8 Å². The average molecular weight is 297 g/mol. The molecule has 0 radical (unpaired) electrons. The summed E-state index contributed by atoms with van der Waals surface area (Å²) in [6.07, 6.45) is 10.6. The zero-order chi connectivity index (χ0) is 16.3. The van der Waals surface area contributed by atoms with Gasteiger partial charge in [0.2, 0.25) is 0 Å². The van der Waals surface area contributed by atoms with E-state index in [1.807, 2.05) is 0 Å². The van der Waals surface area contributed by atoms with E-state index in [1.54, 1.807) is 0 Å². The minimum Gasteiger partial charge on any atom is -0.347 e. The van der Waals surface area contributed by atoms with Crippen molar-refractivity contribution < 1.29 is 0 Å². The molecule has 1 aromatic rings. The Labute approximate surface area is 136 Å². The molecule has 1 heteroatoms. The molecule has 22 heavy (non-hydrogen) atoms. The molecule has 0 saturated carbocycles. The van der Waals surface area contributed by atoms with E-state index >= 15 is 0 Å². The van der Waals surface area contributed by atoms with Crippen molar-refractivity contribution in [2.45, 2.75) is 59.3 Å². The standard InChI is InChI=1S/C21H31N/c1-7-16(2)11-9-8-10-12-20-21(4,5)18-14-13-17(3)15-19(18)22(20)6/h8,10,12-16H,7,9,11H2,1-6H3/b10-8+,20-12+. The van der Waals surface area contributed by atoms with Crippen molar-refractivity contribution in [3.8, 4) is 0 Å². The number of likely N-dealkylation sites (N-methyl/N-ethyl adjacent to an activating group) is 1. The van der Waals surface area contributed by atoms with E-state index in [0.29, 0.717) is 0 Å². The third-order valence-corrected chi connectivity index (χ3v) is 5.10. The van der Waals surface area contributed by atoms with Crippen LogP contribution in [0.3, 0.4) is 0 Å². The highest BCUT2D eigenvalue weighted by Crippen LogP contribution is 2.47. The third-order valence-electron chi connectivity index (χ3n) is 5.10. The molecule has 0 amide bonds. The van der Waals surface area contributed by atoms with E-state index in [-0.39, 0.29) is 5.41 Å². The van der Waals surface area contributed by atoms with Crippen LogP contribution in [0, 0.1) is 12.8 Å². The number of anilines is 1. The number of hydrogen-bond donors (Lipinski definition) is 0. The molecule has 1 aliphatic heterocycles. The molecule has 0 aromatic heterocycles. The number of aryl methyl sites for hydroxylation is 1. The van der Waals surface area contributed by atoms with Gasteiger partial charge in [-0.1, -0.05) is 58.4 Å². The maximum atomic E-state index is 2.35. The first-order valence-electron chi connectivity index (χ1n) is 8.60. The highest BCUT2D eigenvalue weighted by Gasteiger charge is 2.37. The van der Waals surface area contributed by atoms with Gasteiger partial charge in [-0.05, 0) is 49.0 Å². The molecule has 1 nitrogen and oxygen atoms in total. The van der Waals surface area contributed by atoms with E-state index in [9.17, 15) is 0 Å². The van der Waals surface area contributed by atoms with Crippen LogP contribution in [0.4, 0.5) is 5.69 Å². The van der Waals surface area contributed by atoms with Gasteiger partial charge < -0.3 is 4.90 Å². The average Bonchev–Trinajstić information content (AvgIpc) is 2.66. The summed E-state index contributed by atoms with van der Waals surface area (Å²) in [5.41, 5.74) is 5.57. The first-order chi connectivity index (χ1) is 10.4. The summed E-state index contributed by atoms with van der Waals surface area (Å²) in [5.74, 6) is 0.829. The largest absolute Gasteiger partial charge is 0.347 e. The Morgan fingerprint density at radius 1 is 1.27 bits per heavy atom. The summed E-state index contributed by atoms with van der Waals surface area (Å²) < 4.78 is 0. The van der Waals surface area contributed by atoms with Crippen molar-refractivity contribution in [3.05, 3.63) is 53.3 Å². The zero-order valence-corrected chi connectivity index (χ0v) is 15.1. The van der Waals surface area contributed by atoms with E-state index in [0.717, 1.165) is 5.92 Å². The fourth-order valence-electron chi connectivity index (χ4n) is 3.30. The third kappa shape index (κ3) is 3.29. The maximum absolute atomic E-state index is 2.35. The Morgan fingerprint density at radius 2 is 2.00 bits per heavy atom. The van der Waals surface area contributed by atoms with E-state index in [1.165, 1.54) is 41.8 Å². The Hall–Kier alpha value is -1.50. The monoisotopic (exact) mass is 297 g/mol. The lowest BCUT2D eigenvalue weighted by molar-refractivity contribution is 0.522. The lowest BCUT2D eigenvalue weighted by atomic mass is 9.83. The van der Waals surface area contributed by atoms with Gasteiger partial charge in [0.15, 0.2) is 0 Å². The lowest BCUT2D eigenvalue weighted by Crippen LogP contribution is -2.22. The van der Waals surface area contributed by atoms with Gasteiger partial charge in [0.25, 0.3) is 0 Å². The molecule has 1 atom stereocenters. The molecule has 0 aliphatic carbocycles. The van der Waals surface area contributed by atoms with Crippen LogP contribution in [-0.2, 0) is 5.41 Å². The van der Waals surface area contributed by atoms with E-state index < -0.39 is 0 Å². The van der Waals surface area contributed by atoms with Gasteiger partial charge in [-0.2, -0.15) is 0 Å². The van der Waals surface area contributed by atoms with Gasteiger partial charge in [-0.25, -0.2) is 0 Å². The predicted octanol–water partition coefficient (Wildman–Crippen LogP) is 5.99. The fraction of sp³-hybridized carbons (Fsp3) is 0.524. The lowest BCUT2D eigenvalue weighted by Gasteiger charge is -2.23. The number of nitrogens with zero attached hydrogens (tertiary/aromatic N) is 1. The number of benzene rings is 1. The van der Waals surface area contributed by atoms with Gasteiger partial charge in [0.05, 0.1) is 0 Å². The van der Waals surface area contributed by atoms with Crippen LogP contribution >= 0.6 is 0 Å². The highest BCUT2D eigenvalue weighted by molar-refractivity contribution is 5.70. The maximum Gasteiger partial charge on any atom is 0.0450 e. The first kappa shape index (κ1) is 16.9. The van der Waals surface area contributed by atoms with Crippen molar-refractivity contribution in [2.75, 3.05) is 11.9 Å². The molecule has 1 aromatic carbocycles. The Kier molecular flexibility index (Phi) is 5.16. The van der Waals surface area contributed by atoms with Gasteiger partial charge >= 0.3 is 0 Å². The second kappa shape index (κ2) is 6.73. The summed E-state index contributed by atoms with van der Waals surface area (Å²) in [4.78, 5) is 2.35. The van der Waals surface area contributed by atoms with Crippen LogP contribution in [0.1, 0.15) is 58.1 Å². The SMILES string of the molecule is CCC(C)CC/C=C/C=C1/N(C)c2cc(C)ccc2C1(C)C. The quantitative estimate of drug-likeness (QED) is 0.645. The van der Waals surface area contributed by atoms with Crippen molar-refractivity contribution in [3.63, 3.8) is 0 Å². The number of fused-ring (bicyclic) bond motifs is 1. The molecule has 0 fully saturated rings. The molecule has 1 aliphatic rings. The summed E-state index contributed by atoms with van der Waals surface area (Å²) in [6.45, 7) is 11.4. The Balaban J connectivity index is 2.15.